The van der Waals surface area contributed by atoms with Crippen LogP contribution in [0.25, 0.3) is 0 Å². The second-order valence-electron chi connectivity index (χ2n) is 6.86. The number of anilines is 1. The van der Waals surface area contributed by atoms with Crippen molar-refractivity contribution in [2.45, 2.75) is 37.5 Å². The van der Waals surface area contributed by atoms with E-state index in [0.29, 0.717) is 17.0 Å². The maximum Gasteiger partial charge on any atom is 0.311 e. The van der Waals surface area contributed by atoms with Crippen molar-refractivity contribution in [3.8, 4) is 5.75 Å². The molecule has 4 rings (SSSR count). The van der Waals surface area contributed by atoms with Crippen LogP contribution in [0.3, 0.4) is 0 Å². The molecule has 1 aliphatic carbocycles. The number of esters is 1. The van der Waals surface area contributed by atoms with Gasteiger partial charge in [0.15, 0.2) is 6.10 Å². The van der Waals surface area contributed by atoms with Crippen molar-refractivity contribution in [1.82, 2.24) is 5.32 Å². The molecule has 0 bridgehead atoms. The lowest BCUT2D eigenvalue weighted by Crippen LogP contribution is -2.40. The van der Waals surface area contributed by atoms with Gasteiger partial charge in [-0.15, -0.1) is 0 Å². The molecule has 28 heavy (non-hydrogen) atoms. The number of amides is 2. The molecule has 1 aliphatic heterocycles. The molecule has 0 spiro atoms. The highest BCUT2D eigenvalue weighted by atomic mass is 16.6. The SMILES string of the molecule is O=C(C[C@H]1Oc2ccccc2NC1=O)O[C@@H](C(=O)NC1CC1)c1ccccc1. The van der Waals surface area contributed by atoms with Crippen molar-refractivity contribution in [3.63, 3.8) is 0 Å². The second-order valence-corrected chi connectivity index (χ2v) is 6.86. The molecular weight excluding hydrogens is 360 g/mol. The Morgan fingerprint density at radius 1 is 1.11 bits per heavy atom. The summed E-state index contributed by atoms with van der Waals surface area (Å²) in [5.41, 5.74) is 1.14. The monoisotopic (exact) mass is 380 g/mol. The van der Waals surface area contributed by atoms with Gasteiger partial charge in [0.2, 0.25) is 6.10 Å². The van der Waals surface area contributed by atoms with E-state index in [-0.39, 0.29) is 18.4 Å². The molecule has 0 unspecified atom stereocenters. The van der Waals surface area contributed by atoms with Crippen molar-refractivity contribution >= 4 is 23.5 Å². The summed E-state index contributed by atoms with van der Waals surface area (Å²) in [5.74, 6) is -0.971. The Kier molecular flexibility index (Phi) is 4.97. The number of carbonyl (C=O) groups excluding carboxylic acids is 3. The largest absolute Gasteiger partial charge is 0.478 e. The van der Waals surface area contributed by atoms with Gasteiger partial charge in [-0.05, 0) is 25.0 Å². The van der Waals surface area contributed by atoms with Crippen LogP contribution in [0.15, 0.2) is 54.6 Å². The lowest BCUT2D eigenvalue weighted by Gasteiger charge is -2.26. The molecule has 2 aromatic carbocycles. The Bertz CT molecular complexity index is 895. The number of ether oxygens (including phenoxy) is 2. The van der Waals surface area contributed by atoms with Crippen LogP contribution in [0.1, 0.15) is 30.9 Å². The molecule has 0 radical (unpaired) electrons. The van der Waals surface area contributed by atoms with Gasteiger partial charge in [-0.25, -0.2) is 0 Å². The number of nitrogens with one attached hydrogen (secondary N) is 2. The first-order valence-corrected chi connectivity index (χ1v) is 9.21. The smallest absolute Gasteiger partial charge is 0.311 e. The highest BCUT2D eigenvalue weighted by molar-refractivity contribution is 5.99. The minimum Gasteiger partial charge on any atom is -0.478 e. The Labute approximate surface area is 162 Å². The molecule has 2 amide bonds. The van der Waals surface area contributed by atoms with Crippen LogP contribution in [-0.4, -0.2) is 29.9 Å². The summed E-state index contributed by atoms with van der Waals surface area (Å²) >= 11 is 0. The summed E-state index contributed by atoms with van der Waals surface area (Å²) in [6.45, 7) is 0. The van der Waals surface area contributed by atoms with E-state index in [1.165, 1.54) is 0 Å². The number of carbonyl (C=O) groups is 3. The third-order valence-corrected chi connectivity index (χ3v) is 4.57. The fourth-order valence-electron chi connectivity index (χ4n) is 2.96. The first kappa shape index (κ1) is 18.0. The van der Waals surface area contributed by atoms with Gasteiger partial charge in [-0.1, -0.05) is 42.5 Å². The fourth-order valence-corrected chi connectivity index (χ4v) is 2.96. The van der Waals surface area contributed by atoms with Crippen LogP contribution < -0.4 is 15.4 Å². The van der Waals surface area contributed by atoms with Gasteiger partial charge in [-0.2, -0.15) is 0 Å². The van der Waals surface area contributed by atoms with Gasteiger partial charge in [-0.3, -0.25) is 14.4 Å². The van der Waals surface area contributed by atoms with Crippen LogP contribution in [0.5, 0.6) is 5.75 Å². The highest BCUT2D eigenvalue weighted by Crippen LogP contribution is 2.30. The molecule has 2 atom stereocenters. The first-order chi connectivity index (χ1) is 13.6. The summed E-state index contributed by atoms with van der Waals surface area (Å²) < 4.78 is 11.1. The lowest BCUT2D eigenvalue weighted by atomic mass is 10.1. The zero-order valence-electron chi connectivity index (χ0n) is 15.1. The van der Waals surface area contributed by atoms with Crippen molar-refractivity contribution < 1.29 is 23.9 Å². The van der Waals surface area contributed by atoms with E-state index in [9.17, 15) is 14.4 Å². The fraction of sp³-hybridized carbons (Fsp3) is 0.286. The maximum atomic E-state index is 12.6. The number of para-hydroxylation sites is 2. The lowest BCUT2D eigenvalue weighted by molar-refractivity contribution is -0.159. The Morgan fingerprint density at radius 2 is 1.82 bits per heavy atom. The van der Waals surface area contributed by atoms with E-state index >= 15 is 0 Å². The second kappa shape index (κ2) is 7.72. The number of rotatable bonds is 6. The van der Waals surface area contributed by atoms with Gasteiger partial charge in [0.1, 0.15) is 5.75 Å². The van der Waals surface area contributed by atoms with Gasteiger partial charge in [0.05, 0.1) is 12.1 Å². The van der Waals surface area contributed by atoms with Crippen LogP contribution in [-0.2, 0) is 19.1 Å². The predicted octanol–water partition coefficient (Wildman–Crippen LogP) is 2.34. The molecule has 2 aliphatic rings. The van der Waals surface area contributed by atoms with Crippen LogP contribution in [0.4, 0.5) is 5.69 Å². The summed E-state index contributed by atoms with van der Waals surface area (Å²) in [5, 5.41) is 5.56. The number of fused-ring (bicyclic) bond motifs is 1. The molecule has 7 nitrogen and oxygen atoms in total. The molecule has 1 heterocycles. The molecule has 2 aromatic rings. The van der Waals surface area contributed by atoms with Gasteiger partial charge >= 0.3 is 5.97 Å². The third kappa shape index (κ3) is 4.14. The molecule has 1 saturated carbocycles. The Balaban J connectivity index is 1.44. The minimum absolute atomic E-state index is 0.140. The van der Waals surface area contributed by atoms with Crippen molar-refractivity contribution in [2.24, 2.45) is 0 Å². The number of hydrogen-bond acceptors (Lipinski definition) is 5. The topological polar surface area (TPSA) is 93.7 Å². The predicted molar refractivity (Wildman–Crippen MR) is 101 cm³/mol. The van der Waals surface area contributed by atoms with E-state index in [1.807, 2.05) is 6.07 Å². The molecule has 7 heteroatoms. The normalized spacial score (nSPS) is 18.9. The molecule has 1 fully saturated rings. The molecule has 0 saturated heterocycles. The van der Waals surface area contributed by atoms with Crippen LogP contribution in [0.2, 0.25) is 0 Å². The third-order valence-electron chi connectivity index (χ3n) is 4.57. The molecule has 2 N–H and O–H groups in total. The van der Waals surface area contributed by atoms with Crippen molar-refractivity contribution in [1.29, 1.82) is 0 Å². The van der Waals surface area contributed by atoms with Gasteiger partial charge in [0.25, 0.3) is 11.8 Å². The van der Waals surface area contributed by atoms with Gasteiger partial charge in [0, 0.05) is 11.6 Å². The van der Waals surface area contributed by atoms with E-state index in [4.69, 9.17) is 9.47 Å². The van der Waals surface area contributed by atoms with E-state index in [2.05, 4.69) is 10.6 Å². The number of hydrogen-bond donors (Lipinski definition) is 2. The Morgan fingerprint density at radius 3 is 2.57 bits per heavy atom. The summed E-state index contributed by atoms with van der Waals surface area (Å²) in [6, 6.07) is 15.9. The summed E-state index contributed by atoms with van der Waals surface area (Å²) in [6.07, 6.45) is -0.508. The molecule has 0 aromatic heterocycles. The van der Waals surface area contributed by atoms with Gasteiger partial charge < -0.3 is 20.1 Å². The van der Waals surface area contributed by atoms with E-state index < -0.39 is 24.1 Å². The van der Waals surface area contributed by atoms with Crippen LogP contribution >= 0.6 is 0 Å². The average Bonchev–Trinajstić information content (AvgIpc) is 3.51. The molecule has 144 valence electrons. The first-order valence-electron chi connectivity index (χ1n) is 9.21. The Hall–Kier alpha value is -3.35. The zero-order chi connectivity index (χ0) is 19.5. The van der Waals surface area contributed by atoms with E-state index in [0.717, 1.165) is 12.8 Å². The number of benzene rings is 2. The van der Waals surface area contributed by atoms with Crippen molar-refractivity contribution in [3.05, 3.63) is 60.2 Å². The maximum absolute atomic E-state index is 12.6. The standard InChI is InChI=1S/C21H20N2O5/c24-18(12-17-20(25)23-15-8-4-5-9-16(15)27-17)28-19(13-6-2-1-3-7-13)21(26)22-14-10-11-14/h1-9,14,17,19H,10-12H2,(H,22,26)(H,23,25)/t17-,19-/m1/s1. The quantitative estimate of drug-likeness (QED) is 0.751. The van der Waals surface area contributed by atoms with E-state index in [1.54, 1.807) is 48.5 Å². The van der Waals surface area contributed by atoms with Crippen LogP contribution in [0, 0.1) is 0 Å². The minimum atomic E-state index is -1.06. The molecular formula is C21H20N2O5. The highest BCUT2D eigenvalue weighted by Gasteiger charge is 2.34. The summed E-state index contributed by atoms with van der Waals surface area (Å²) in [7, 11) is 0. The zero-order valence-corrected chi connectivity index (χ0v) is 15.1. The summed E-state index contributed by atoms with van der Waals surface area (Å²) in [4.78, 5) is 37.3. The van der Waals surface area contributed by atoms with Crippen molar-refractivity contribution in [2.75, 3.05) is 5.32 Å². The average molecular weight is 380 g/mol.